The SMILES string of the molecule is Cc1cnccc1NC(=O)C1CCCC(N)C1. The number of nitrogens with two attached hydrogens (primary N) is 1. The van der Waals surface area contributed by atoms with Gasteiger partial charge >= 0.3 is 0 Å². The van der Waals surface area contributed by atoms with E-state index >= 15 is 0 Å². The zero-order valence-electron chi connectivity index (χ0n) is 10.1. The normalized spacial score (nSPS) is 24.4. The molecular formula is C13H19N3O. The summed E-state index contributed by atoms with van der Waals surface area (Å²) in [5.74, 6) is 0.153. The highest BCUT2D eigenvalue weighted by Crippen LogP contribution is 2.24. The van der Waals surface area contributed by atoms with E-state index < -0.39 is 0 Å². The molecule has 2 atom stereocenters. The van der Waals surface area contributed by atoms with Crippen LogP contribution in [0.3, 0.4) is 0 Å². The molecule has 1 aliphatic carbocycles. The molecule has 1 fully saturated rings. The molecule has 17 heavy (non-hydrogen) atoms. The molecule has 0 bridgehead atoms. The van der Waals surface area contributed by atoms with Crippen molar-refractivity contribution in [2.24, 2.45) is 11.7 Å². The van der Waals surface area contributed by atoms with E-state index in [0.717, 1.165) is 36.9 Å². The minimum atomic E-state index is 0.0614. The second-order valence-electron chi connectivity index (χ2n) is 4.80. The topological polar surface area (TPSA) is 68.0 Å². The number of aryl methyl sites for hydroxylation is 1. The average Bonchev–Trinajstić information content (AvgIpc) is 2.32. The highest BCUT2D eigenvalue weighted by atomic mass is 16.1. The zero-order chi connectivity index (χ0) is 12.3. The third-order valence-electron chi connectivity index (χ3n) is 3.36. The highest BCUT2D eigenvalue weighted by Gasteiger charge is 2.25. The van der Waals surface area contributed by atoms with Crippen molar-refractivity contribution in [1.82, 2.24) is 4.98 Å². The summed E-state index contributed by atoms with van der Waals surface area (Å²) in [6.45, 7) is 1.94. The molecule has 2 rings (SSSR count). The number of carbonyl (C=O) groups excluding carboxylic acids is 1. The summed E-state index contributed by atoms with van der Waals surface area (Å²) in [7, 11) is 0. The molecule has 1 aromatic rings. The minimum Gasteiger partial charge on any atom is -0.328 e. The number of carbonyl (C=O) groups is 1. The monoisotopic (exact) mass is 233 g/mol. The number of aromatic nitrogens is 1. The standard InChI is InChI=1S/C13H19N3O/c1-9-8-15-6-5-12(9)16-13(17)10-3-2-4-11(14)7-10/h5-6,8,10-11H,2-4,7,14H2,1H3,(H,15,16,17). The maximum atomic E-state index is 12.1. The molecule has 0 aliphatic heterocycles. The maximum Gasteiger partial charge on any atom is 0.227 e. The van der Waals surface area contributed by atoms with Crippen molar-refractivity contribution in [3.05, 3.63) is 24.0 Å². The van der Waals surface area contributed by atoms with Crippen LogP contribution in [0.5, 0.6) is 0 Å². The fraction of sp³-hybridized carbons (Fsp3) is 0.538. The Labute approximate surface area is 102 Å². The van der Waals surface area contributed by atoms with Crippen LogP contribution in [0.25, 0.3) is 0 Å². The van der Waals surface area contributed by atoms with Gasteiger partial charge in [-0.15, -0.1) is 0 Å². The number of amides is 1. The molecule has 0 radical (unpaired) electrons. The van der Waals surface area contributed by atoms with Gasteiger partial charge in [0, 0.05) is 30.0 Å². The van der Waals surface area contributed by atoms with Gasteiger partial charge in [0.1, 0.15) is 0 Å². The Kier molecular flexibility index (Phi) is 3.74. The lowest BCUT2D eigenvalue weighted by molar-refractivity contribution is -0.120. The summed E-state index contributed by atoms with van der Waals surface area (Å²) in [5, 5.41) is 2.97. The molecule has 0 saturated heterocycles. The van der Waals surface area contributed by atoms with Gasteiger partial charge in [-0.3, -0.25) is 9.78 Å². The van der Waals surface area contributed by atoms with Crippen molar-refractivity contribution >= 4 is 11.6 Å². The third-order valence-corrected chi connectivity index (χ3v) is 3.36. The first-order valence-electron chi connectivity index (χ1n) is 6.14. The summed E-state index contributed by atoms with van der Waals surface area (Å²) >= 11 is 0. The van der Waals surface area contributed by atoms with Crippen LogP contribution in [-0.2, 0) is 4.79 Å². The highest BCUT2D eigenvalue weighted by molar-refractivity contribution is 5.93. The number of nitrogens with zero attached hydrogens (tertiary/aromatic N) is 1. The van der Waals surface area contributed by atoms with Crippen LogP contribution in [-0.4, -0.2) is 16.9 Å². The molecule has 1 aromatic heterocycles. The van der Waals surface area contributed by atoms with Crippen LogP contribution < -0.4 is 11.1 Å². The van der Waals surface area contributed by atoms with E-state index in [2.05, 4.69) is 10.3 Å². The quantitative estimate of drug-likeness (QED) is 0.819. The number of hydrogen-bond donors (Lipinski definition) is 2. The smallest absolute Gasteiger partial charge is 0.227 e. The molecule has 4 nitrogen and oxygen atoms in total. The first-order chi connectivity index (χ1) is 8.16. The van der Waals surface area contributed by atoms with Crippen molar-refractivity contribution in [3.63, 3.8) is 0 Å². The maximum absolute atomic E-state index is 12.1. The molecule has 92 valence electrons. The number of rotatable bonds is 2. The van der Waals surface area contributed by atoms with E-state index in [0.29, 0.717) is 0 Å². The number of hydrogen-bond acceptors (Lipinski definition) is 3. The lowest BCUT2D eigenvalue weighted by Gasteiger charge is -2.25. The molecule has 1 aliphatic rings. The molecule has 3 N–H and O–H groups in total. The Balaban J connectivity index is 1.99. The van der Waals surface area contributed by atoms with Crippen LogP contribution in [0, 0.1) is 12.8 Å². The summed E-state index contributed by atoms with van der Waals surface area (Å²) in [6.07, 6.45) is 7.28. The van der Waals surface area contributed by atoms with Gasteiger partial charge in [0.05, 0.1) is 0 Å². The van der Waals surface area contributed by atoms with Crippen LogP contribution >= 0.6 is 0 Å². The lowest BCUT2D eigenvalue weighted by Crippen LogP contribution is -2.34. The number of nitrogens with one attached hydrogen (secondary N) is 1. The molecule has 0 spiro atoms. The molecule has 1 saturated carbocycles. The van der Waals surface area contributed by atoms with E-state index in [1.54, 1.807) is 12.4 Å². The fourth-order valence-corrected chi connectivity index (χ4v) is 2.31. The van der Waals surface area contributed by atoms with E-state index in [1.807, 2.05) is 13.0 Å². The molecule has 4 heteroatoms. The zero-order valence-corrected chi connectivity index (χ0v) is 10.1. The van der Waals surface area contributed by atoms with Gasteiger partial charge in [0.25, 0.3) is 0 Å². The van der Waals surface area contributed by atoms with Crippen LogP contribution in [0.2, 0.25) is 0 Å². The summed E-state index contributed by atoms with van der Waals surface area (Å²) < 4.78 is 0. The molecule has 1 amide bonds. The Morgan fingerprint density at radius 2 is 2.35 bits per heavy atom. The van der Waals surface area contributed by atoms with Gasteiger partial charge < -0.3 is 11.1 Å². The van der Waals surface area contributed by atoms with Gasteiger partial charge in [-0.25, -0.2) is 0 Å². The lowest BCUT2D eigenvalue weighted by atomic mass is 9.85. The van der Waals surface area contributed by atoms with Gasteiger partial charge in [-0.2, -0.15) is 0 Å². The molecule has 1 heterocycles. The van der Waals surface area contributed by atoms with Crippen LogP contribution in [0.15, 0.2) is 18.5 Å². The van der Waals surface area contributed by atoms with Crippen molar-refractivity contribution in [3.8, 4) is 0 Å². The Morgan fingerprint density at radius 3 is 3.06 bits per heavy atom. The Bertz CT molecular complexity index is 405. The average molecular weight is 233 g/mol. The van der Waals surface area contributed by atoms with Crippen molar-refractivity contribution < 1.29 is 4.79 Å². The number of pyridine rings is 1. The van der Waals surface area contributed by atoms with Crippen molar-refractivity contribution in [2.75, 3.05) is 5.32 Å². The van der Waals surface area contributed by atoms with Crippen molar-refractivity contribution in [2.45, 2.75) is 38.6 Å². The molecule has 2 unspecified atom stereocenters. The minimum absolute atomic E-state index is 0.0614. The molecular weight excluding hydrogens is 214 g/mol. The van der Waals surface area contributed by atoms with Crippen LogP contribution in [0.4, 0.5) is 5.69 Å². The van der Waals surface area contributed by atoms with Gasteiger partial charge in [-0.1, -0.05) is 6.42 Å². The van der Waals surface area contributed by atoms with Gasteiger partial charge in [-0.05, 0) is 37.8 Å². The second kappa shape index (κ2) is 5.27. The summed E-state index contributed by atoms with van der Waals surface area (Å²) in [5.41, 5.74) is 7.73. The predicted molar refractivity (Wildman–Crippen MR) is 67.5 cm³/mol. The van der Waals surface area contributed by atoms with E-state index in [1.165, 1.54) is 0 Å². The van der Waals surface area contributed by atoms with Crippen molar-refractivity contribution in [1.29, 1.82) is 0 Å². The second-order valence-corrected chi connectivity index (χ2v) is 4.80. The van der Waals surface area contributed by atoms with E-state index in [9.17, 15) is 4.79 Å². The largest absolute Gasteiger partial charge is 0.328 e. The Hall–Kier alpha value is -1.42. The number of anilines is 1. The van der Waals surface area contributed by atoms with Gasteiger partial charge in [0.15, 0.2) is 0 Å². The van der Waals surface area contributed by atoms with Crippen LogP contribution in [0.1, 0.15) is 31.2 Å². The first-order valence-corrected chi connectivity index (χ1v) is 6.14. The fourth-order valence-electron chi connectivity index (χ4n) is 2.31. The summed E-state index contributed by atoms with van der Waals surface area (Å²) in [6, 6.07) is 2.01. The van der Waals surface area contributed by atoms with Gasteiger partial charge in [0.2, 0.25) is 5.91 Å². The van der Waals surface area contributed by atoms with E-state index in [-0.39, 0.29) is 17.9 Å². The first kappa shape index (κ1) is 12.0. The molecule has 0 aromatic carbocycles. The Morgan fingerprint density at radius 1 is 1.53 bits per heavy atom. The van der Waals surface area contributed by atoms with E-state index in [4.69, 9.17) is 5.73 Å². The summed E-state index contributed by atoms with van der Waals surface area (Å²) in [4.78, 5) is 16.1. The predicted octanol–water partition coefficient (Wildman–Crippen LogP) is 1.85. The third kappa shape index (κ3) is 3.03.